The average Bonchev–Trinajstić information content (AvgIpc) is 2.91. The molecule has 3 aromatic carbocycles. The molecule has 7 nitrogen and oxygen atoms in total. The first kappa shape index (κ1) is 27.9. The van der Waals surface area contributed by atoms with E-state index in [4.69, 9.17) is 0 Å². The van der Waals surface area contributed by atoms with E-state index in [-0.39, 0.29) is 17.0 Å². The zero-order valence-electron chi connectivity index (χ0n) is 21.0. The van der Waals surface area contributed by atoms with Crippen LogP contribution in [-0.2, 0) is 26.2 Å². The second kappa shape index (κ2) is 13.0. The molecule has 0 unspecified atom stereocenters. The molecule has 0 saturated heterocycles. The molecule has 0 aliphatic rings. The van der Waals surface area contributed by atoms with E-state index < -0.39 is 40.2 Å². The quantitative estimate of drug-likeness (QED) is 0.356. The van der Waals surface area contributed by atoms with Crippen LogP contribution in [0, 0.1) is 5.82 Å². The Balaban J connectivity index is 1.97. The minimum absolute atomic E-state index is 0.0256. The Labute approximate surface area is 218 Å². The molecular weight excluding hydrogens is 493 g/mol. The van der Waals surface area contributed by atoms with Crippen LogP contribution < -0.4 is 9.62 Å². The van der Waals surface area contributed by atoms with E-state index in [0.717, 1.165) is 17.1 Å². The first-order valence-electron chi connectivity index (χ1n) is 12.2. The fraction of sp³-hybridized carbons (Fsp3) is 0.286. The number of carbonyl (C=O) groups excluding carboxylic acids is 2. The van der Waals surface area contributed by atoms with E-state index in [2.05, 4.69) is 5.32 Å². The molecule has 0 heterocycles. The number of halogens is 1. The van der Waals surface area contributed by atoms with Gasteiger partial charge in [0.05, 0.1) is 10.6 Å². The van der Waals surface area contributed by atoms with Crippen molar-refractivity contribution in [2.75, 3.05) is 17.4 Å². The molecule has 196 valence electrons. The van der Waals surface area contributed by atoms with Crippen molar-refractivity contribution >= 4 is 27.5 Å². The zero-order valence-corrected chi connectivity index (χ0v) is 21.8. The molecule has 3 rings (SSSR count). The Bertz CT molecular complexity index is 1290. The summed E-state index contributed by atoms with van der Waals surface area (Å²) in [7, 11) is -4.12. The summed E-state index contributed by atoms with van der Waals surface area (Å²) in [6, 6.07) is 21.1. The Hall–Kier alpha value is -3.72. The van der Waals surface area contributed by atoms with Crippen LogP contribution in [0.4, 0.5) is 10.1 Å². The average molecular weight is 526 g/mol. The molecule has 0 saturated carbocycles. The van der Waals surface area contributed by atoms with Crippen molar-refractivity contribution in [3.8, 4) is 0 Å². The van der Waals surface area contributed by atoms with E-state index in [0.29, 0.717) is 12.2 Å². The number of hydrogen-bond donors (Lipinski definition) is 1. The fourth-order valence-electron chi connectivity index (χ4n) is 3.77. The molecule has 9 heteroatoms. The number of unbranched alkanes of at least 4 members (excludes halogenated alkanes) is 1. The molecule has 0 aliphatic heterocycles. The first-order valence-corrected chi connectivity index (χ1v) is 13.6. The van der Waals surface area contributed by atoms with Crippen LogP contribution in [0.3, 0.4) is 0 Å². The number of hydrogen-bond acceptors (Lipinski definition) is 4. The van der Waals surface area contributed by atoms with Crippen LogP contribution in [0.25, 0.3) is 0 Å². The minimum Gasteiger partial charge on any atom is -0.354 e. The van der Waals surface area contributed by atoms with E-state index in [9.17, 15) is 22.4 Å². The SMILES string of the molecule is CCCCNC(=O)[C@@H](C)N(Cc1ccccc1F)C(=O)CN(c1ccccc1)S(=O)(=O)c1ccccc1. The number of nitrogens with zero attached hydrogens (tertiary/aromatic N) is 2. The third-order valence-corrected chi connectivity index (χ3v) is 7.74. The van der Waals surface area contributed by atoms with Gasteiger partial charge in [0.1, 0.15) is 18.4 Å². The van der Waals surface area contributed by atoms with Gasteiger partial charge in [-0.05, 0) is 43.7 Å². The molecule has 37 heavy (non-hydrogen) atoms. The van der Waals surface area contributed by atoms with Crippen molar-refractivity contribution in [1.29, 1.82) is 0 Å². The molecular formula is C28H32FN3O4S. The maximum atomic E-state index is 14.5. The number of benzene rings is 3. The molecule has 0 aliphatic carbocycles. The summed E-state index contributed by atoms with van der Waals surface area (Å²) in [6.45, 7) is 3.23. The summed E-state index contributed by atoms with van der Waals surface area (Å²) in [5, 5.41) is 2.80. The van der Waals surface area contributed by atoms with Crippen LogP contribution in [0.5, 0.6) is 0 Å². The van der Waals surface area contributed by atoms with Crippen molar-refractivity contribution in [1.82, 2.24) is 10.2 Å². The number of sulfonamides is 1. The van der Waals surface area contributed by atoms with Gasteiger partial charge in [0.25, 0.3) is 10.0 Å². The summed E-state index contributed by atoms with van der Waals surface area (Å²) in [6.07, 6.45) is 1.66. The molecule has 0 fully saturated rings. The monoisotopic (exact) mass is 525 g/mol. The van der Waals surface area contributed by atoms with Crippen LogP contribution in [-0.4, -0.2) is 44.3 Å². The van der Waals surface area contributed by atoms with Gasteiger partial charge in [-0.25, -0.2) is 12.8 Å². The van der Waals surface area contributed by atoms with Gasteiger partial charge in [-0.1, -0.05) is 67.9 Å². The maximum absolute atomic E-state index is 14.5. The highest BCUT2D eigenvalue weighted by Crippen LogP contribution is 2.24. The van der Waals surface area contributed by atoms with Crippen LogP contribution in [0.15, 0.2) is 89.8 Å². The van der Waals surface area contributed by atoms with Gasteiger partial charge in [-0.2, -0.15) is 0 Å². The van der Waals surface area contributed by atoms with Crippen LogP contribution in [0.2, 0.25) is 0 Å². The zero-order chi connectivity index (χ0) is 26.8. The lowest BCUT2D eigenvalue weighted by Crippen LogP contribution is -2.51. The number of anilines is 1. The number of carbonyl (C=O) groups is 2. The molecule has 1 N–H and O–H groups in total. The number of para-hydroxylation sites is 1. The number of rotatable bonds is 12. The lowest BCUT2D eigenvalue weighted by Gasteiger charge is -2.32. The predicted molar refractivity (Wildman–Crippen MR) is 142 cm³/mol. The highest BCUT2D eigenvalue weighted by atomic mass is 32.2. The normalized spacial score (nSPS) is 12.0. The Morgan fingerprint density at radius 2 is 1.51 bits per heavy atom. The molecule has 1 atom stereocenters. The molecule has 0 spiro atoms. The van der Waals surface area contributed by atoms with E-state index in [1.165, 1.54) is 35.2 Å². The number of amides is 2. The third-order valence-electron chi connectivity index (χ3n) is 5.95. The highest BCUT2D eigenvalue weighted by molar-refractivity contribution is 7.92. The summed E-state index contributed by atoms with van der Waals surface area (Å²) in [5.74, 6) is -1.55. The topological polar surface area (TPSA) is 86.8 Å². The predicted octanol–water partition coefficient (Wildman–Crippen LogP) is 4.35. The van der Waals surface area contributed by atoms with E-state index in [1.807, 2.05) is 6.92 Å². The number of nitrogens with one attached hydrogen (secondary N) is 1. The summed E-state index contributed by atoms with van der Waals surface area (Å²) in [4.78, 5) is 27.8. The Kier molecular flexibility index (Phi) is 9.79. The lowest BCUT2D eigenvalue weighted by atomic mass is 10.1. The molecule has 3 aromatic rings. The van der Waals surface area contributed by atoms with E-state index in [1.54, 1.807) is 61.5 Å². The molecule has 2 amide bonds. The van der Waals surface area contributed by atoms with Crippen molar-refractivity contribution in [2.24, 2.45) is 0 Å². The van der Waals surface area contributed by atoms with Gasteiger partial charge >= 0.3 is 0 Å². The molecule has 0 bridgehead atoms. The lowest BCUT2D eigenvalue weighted by molar-refractivity contribution is -0.139. The van der Waals surface area contributed by atoms with Gasteiger partial charge in [0.2, 0.25) is 11.8 Å². The van der Waals surface area contributed by atoms with Gasteiger partial charge < -0.3 is 10.2 Å². The van der Waals surface area contributed by atoms with Crippen molar-refractivity contribution in [3.05, 3.63) is 96.3 Å². The van der Waals surface area contributed by atoms with E-state index >= 15 is 0 Å². The summed E-state index contributed by atoms with van der Waals surface area (Å²) >= 11 is 0. The van der Waals surface area contributed by atoms with Crippen molar-refractivity contribution < 1.29 is 22.4 Å². The smallest absolute Gasteiger partial charge is 0.264 e. The highest BCUT2D eigenvalue weighted by Gasteiger charge is 2.32. The Morgan fingerprint density at radius 3 is 2.14 bits per heavy atom. The Morgan fingerprint density at radius 1 is 0.919 bits per heavy atom. The molecule has 0 radical (unpaired) electrons. The second-order valence-corrected chi connectivity index (χ2v) is 10.5. The summed E-state index contributed by atoms with van der Waals surface area (Å²) < 4.78 is 42.7. The standard InChI is InChI=1S/C28H32FN3O4S/c1-3-4-19-30-28(34)22(2)31(20-23-13-11-12-18-26(23)29)27(33)21-32(24-14-7-5-8-15-24)37(35,36)25-16-9-6-10-17-25/h5-18,22H,3-4,19-21H2,1-2H3,(H,30,34)/t22-/m1/s1. The first-order chi connectivity index (χ1) is 17.8. The fourth-order valence-corrected chi connectivity index (χ4v) is 5.21. The van der Waals surface area contributed by atoms with Gasteiger partial charge in [-0.15, -0.1) is 0 Å². The minimum atomic E-state index is -4.12. The molecule has 0 aromatic heterocycles. The van der Waals surface area contributed by atoms with Gasteiger partial charge in [0.15, 0.2) is 0 Å². The van der Waals surface area contributed by atoms with Gasteiger partial charge in [-0.3, -0.25) is 13.9 Å². The largest absolute Gasteiger partial charge is 0.354 e. The van der Waals surface area contributed by atoms with Gasteiger partial charge in [0, 0.05) is 18.7 Å². The van der Waals surface area contributed by atoms with Crippen molar-refractivity contribution in [3.63, 3.8) is 0 Å². The summed E-state index contributed by atoms with van der Waals surface area (Å²) in [5.41, 5.74) is 0.520. The van der Waals surface area contributed by atoms with Crippen LogP contribution in [0.1, 0.15) is 32.3 Å². The second-order valence-electron chi connectivity index (χ2n) is 8.59. The maximum Gasteiger partial charge on any atom is 0.264 e. The third kappa shape index (κ3) is 7.16. The van der Waals surface area contributed by atoms with Crippen molar-refractivity contribution in [2.45, 2.75) is 44.2 Å². The van der Waals surface area contributed by atoms with Crippen LogP contribution >= 0.6 is 0 Å².